The second-order valence-corrected chi connectivity index (χ2v) is 7.29. The predicted molar refractivity (Wildman–Crippen MR) is 113 cm³/mol. The molecule has 30 heavy (non-hydrogen) atoms. The maximum absolute atomic E-state index is 12.4. The Labute approximate surface area is 175 Å². The van der Waals surface area contributed by atoms with Crippen LogP contribution in [-0.2, 0) is 9.59 Å². The van der Waals surface area contributed by atoms with Gasteiger partial charge in [-0.3, -0.25) is 19.7 Å². The fourth-order valence-electron chi connectivity index (χ4n) is 2.63. The van der Waals surface area contributed by atoms with Crippen LogP contribution in [0.2, 0.25) is 0 Å². The van der Waals surface area contributed by atoms with Gasteiger partial charge in [0.25, 0.3) is 5.69 Å². The highest BCUT2D eigenvalue weighted by Crippen LogP contribution is 2.30. The lowest BCUT2D eigenvalue weighted by Gasteiger charge is -2.09. The van der Waals surface area contributed by atoms with Gasteiger partial charge in [0.1, 0.15) is 22.4 Å². The number of aliphatic imine (C=N–C) groups is 1. The van der Waals surface area contributed by atoms with Crippen LogP contribution in [0.15, 0.2) is 47.5 Å². The monoisotopic (exact) mass is 430 g/mol. The number of amides is 2. The molecule has 1 fully saturated rings. The van der Waals surface area contributed by atoms with Gasteiger partial charge in [-0.15, -0.1) is 0 Å². The average molecular weight is 430 g/mol. The van der Waals surface area contributed by atoms with E-state index in [1.54, 1.807) is 31.4 Å². The van der Waals surface area contributed by atoms with Gasteiger partial charge in [0.15, 0.2) is 5.17 Å². The summed E-state index contributed by atoms with van der Waals surface area (Å²) in [6.45, 7) is 0. The summed E-state index contributed by atoms with van der Waals surface area (Å²) in [6, 6.07) is 11.1. The molecule has 2 N–H and O–H groups in total. The van der Waals surface area contributed by atoms with Crippen molar-refractivity contribution in [3.8, 4) is 11.5 Å². The summed E-state index contributed by atoms with van der Waals surface area (Å²) in [6.07, 6.45) is -0.165. The minimum Gasteiger partial charge on any atom is -0.497 e. The third kappa shape index (κ3) is 5.06. The molecule has 0 bridgehead atoms. The Hall–Kier alpha value is -3.60. The van der Waals surface area contributed by atoms with Crippen LogP contribution in [0.5, 0.6) is 11.5 Å². The lowest BCUT2D eigenvalue weighted by Crippen LogP contribution is -2.28. The fraction of sp³-hybridized carbons (Fsp3) is 0.211. The number of methoxy groups -OCH3 is 2. The van der Waals surface area contributed by atoms with Crippen molar-refractivity contribution in [2.75, 3.05) is 19.5 Å². The summed E-state index contributed by atoms with van der Waals surface area (Å²) in [5.41, 5.74) is 0.354. The van der Waals surface area contributed by atoms with Crippen molar-refractivity contribution in [1.29, 1.82) is 0 Å². The lowest BCUT2D eigenvalue weighted by molar-refractivity contribution is -0.384. The number of carbonyl (C=O) groups excluding carboxylic acids is 2. The van der Waals surface area contributed by atoms with Crippen molar-refractivity contribution in [2.45, 2.75) is 11.7 Å². The Morgan fingerprint density at radius 1 is 1.20 bits per heavy atom. The van der Waals surface area contributed by atoms with Gasteiger partial charge in [-0.25, -0.2) is 4.99 Å². The van der Waals surface area contributed by atoms with Crippen LogP contribution in [0.4, 0.5) is 17.1 Å². The number of carbonyl (C=O) groups is 2. The number of hydrogen-bond acceptors (Lipinski definition) is 8. The number of rotatable bonds is 7. The molecule has 0 saturated carbocycles. The van der Waals surface area contributed by atoms with Crippen molar-refractivity contribution >= 4 is 45.8 Å². The van der Waals surface area contributed by atoms with E-state index in [-0.39, 0.29) is 23.7 Å². The van der Waals surface area contributed by atoms with Crippen LogP contribution in [-0.4, -0.2) is 41.4 Å². The summed E-state index contributed by atoms with van der Waals surface area (Å²) < 4.78 is 10.1. The van der Waals surface area contributed by atoms with E-state index in [4.69, 9.17) is 9.47 Å². The van der Waals surface area contributed by atoms with Crippen molar-refractivity contribution in [2.24, 2.45) is 4.99 Å². The number of ether oxygens (including phenoxy) is 2. The molecule has 1 aliphatic rings. The van der Waals surface area contributed by atoms with Gasteiger partial charge < -0.3 is 20.1 Å². The summed E-state index contributed by atoms with van der Waals surface area (Å²) in [4.78, 5) is 39.5. The smallest absolute Gasteiger partial charge is 0.296 e. The molecule has 11 heteroatoms. The van der Waals surface area contributed by atoms with Crippen LogP contribution in [0.25, 0.3) is 0 Å². The maximum Gasteiger partial charge on any atom is 0.296 e. The van der Waals surface area contributed by atoms with E-state index in [2.05, 4.69) is 15.6 Å². The molecule has 1 saturated heterocycles. The number of nitrogens with zero attached hydrogens (tertiary/aromatic N) is 2. The molecule has 1 unspecified atom stereocenters. The summed E-state index contributed by atoms with van der Waals surface area (Å²) >= 11 is 1.12. The molecule has 2 aromatic carbocycles. The molecule has 156 valence electrons. The fourth-order valence-corrected chi connectivity index (χ4v) is 3.62. The Morgan fingerprint density at radius 2 is 1.87 bits per heavy atom. The second kappa shape index (κ2) is 9.27. The van der Waals surface area contributed by atoms with Crippen LogP contribution < -0.4 is 20.1 Å². The molecule has 3 rings (SSSR count). The largest absolute Gasteiger partial charge is 0.497 e. The number of anilines is 1. The third-order valence-electron chi connectivity index (χ3n) is 4.13. The SMILES string of the molecule is COc1ccc(N=C2NC(=O)C(CC(=O)Nc3ccc(OC)cc3[N+](=O)[O-])S2)cc1. The van der Waals surface area contributed by atoms with E-state index in [0.717, 1.165) is 11.8 Å². The van der Waals surface area contributed by atoms with E-state index >= 15 is 0 Å². The van der Waals surface area contributed by atoms with Gasteiger partial charge in [-0.2, -0.15) is 0 Å². The second-order valence-electron chi connectivity index (χ2n) is 6.10. The van der Waals surface area contributed by atoms with Gasteiger partial charge in [-0.05, 0) is 36.4 Å². The van der Waals surface area contributed by atoms with Gasteiger partial charge >= 0.3 is 0 Å². The topological polar surface area (TPSA) is 132 Å². The highest BCUT2D eigenvalue weighted by Gasteiger charge is 2.32. The first-order chi connectivity index (χ1) is 14.4. The minimum atomic E-state index is -0.695. The molecule has 2 aromatic rings. The van der Waals surface area contributed by atoms with E-state index in [1.807, 2.05) is 0 Å². The molecule has 10 nitrogen and oxygen atoms in total. The molecular weight excluding hydrogens is 412 g/mol. The van der Waals surface area contributed by atoms with E-state index in [1.165, 1.54) is 25.3 Å². The number of benzene rings is 2. The molecule has 2 amide bonds. The molecule has 0 aliphatic carbocycles. The lowest BCUT2D eigenvalue weighted by atomic mass is 10.2. The Balaban J connectivity index is 1.65. The van der Waals surface area contributed by atoms with Crippen molar-refractivity contribution in [3.63, 3.8) is 0 Å². The van der Waals surface area contributed by atoms with Crippen molar-refractivity contribution < 1.29 is 24.0 Å². The third-order valence-corrected chi connectivity index (χ3v) is 5.21. The Bertz CT molecular complexity index is 1010. The minimum absolute atomic E-state index is 0.0290. The summed E-state index contributed by atoms with van der Waals surface area (Å²) in [7, 11) is 2.95. The maximum atomic E-state index is 12.4. The molecule has 1 heterocycles. The number of thioether (sulfide) groups is 1. The normalized spacial score (nSPS) is 16.8. The number of nitro benzene ring substituents is 1. The Kier molecular flexibility index (Phi) is 6.52. The van der Waals surface area contributed by atoms with Crippen molar-refractivity contribution in [1.82, 2.24) is 5.32 Å². The highest BCUT2D eigenvalue weighted by atomic mass is 32.2. The molecule has 1 aliphatic heterocycles. The zero-order valence-corrected chi connectivity index (χ0v) is 16.9. The molecule has 0 spiro atoms. The first-order valence-corrected chi connectivity index (χ1v) is 9.60. The zero-order valence-electron chi connectivity index (χ0n) is 16.1. The zero-order chi connectivity index (χ0) is 21.7. The van der Waals surface area contributed by atoms with Crippen LogP contribution >= 0.6 is 11.8 Å². The number of nitro groups is 1. The van der Waals surface area contributed by atoms with Gasteiger partial charge in [-0.1, -0.05) is 11.8 Å². The molecule has 1 atom stereocenters. The van der Waals surface area contributed by atoms with Gasteiger partial charge in [0.05, 0.1) is 30.9 Å². The molecule has 0 aromatic heterocycles. The number of amidine groups is 1. The summed E-state index contributed by atoms with van der Waals surface area (Å²) in [5.74, 6) is 0.0994. The standard InChI is InChI=1S/C19H18N4O6S/c1-28-12-5-3-11(4-6-12)20-19-22-18(25)16(30-19)10-17(24)21-14-8-7-13(29-2)9-15(14)23(26)27/h3-9,16H,10H2,1-2H3,(H,21,24)(H,20,22,25). The summed E-state index contributed by atoms with van der Waals surface area (Å²) in [5, 5.41) is 16.0. The first-order valence-electron chi connectivity index (χ1n) is 8.72. The van der Waals surface area contributed by atoms with E-state index in [9.17, 15) is 19.7 Å². The van der Waals surface area contributed by atoms with Crippen LogP contribution in [0.3, 0.4) is 0 Å². The van der Waals surface area contributed by atoms with Crippen LogP contribution in [0, 0.1) is 10.1 Å². The number of hydrogen-bond donors (Lipinski definition) is 2. The Morgan fingerprint density at radius 3 is 2.50 bits per heavy atom. The molecule has 0 radical (unpaired) electrons. The van der Waals surface area contributed by atoms with Crippen molar-refractivity contribution in [3.05, 3.63) is 52.6 Å². The van der Waals surface area contributed by atoms with E-state index in [0.29, 0.717) is 22.4 Å². The van der Waals surface area contributed by atoms with E-state index < -0.39 is 16.1 Å². The predicted octanol–water partition coefficient (Wildman–Crippen LogP) is 2.86. The average Bonchev–Trinajstić information content (AvgIpc) is 3.07. The van der Waals surface area contributed by atoms with Gasteiger partial charge in [0, 0.05) is 6.42 Å². The number of nitrogens with one attached hydrogen (secondary N) is 2. The first kappa shape index (κ1) is 21.1. The van der Waals surface area contributed by atoms with Gasteiger partial charge in [0.2, 0.25) is 11.8 Å². The molecular formula is C19H18N4O6S. The quantitative estimate of drug-likeness (QED) is 0.510. The van der Waals surface area contributed by atoms with Crippen LogP contribution in [0.1, 0.15) is 6.42 Å². The highest BCUT2D eigenvalue weighted by molar-refractivity contribution is 8.15.